The molecule has 1 aliphatic heterocycles. The molecule has 2 N–H and O–H groups in total. The number of nitrogens with zero attached hydrogens (tertiary/aromatic N) is 4. The highest BCUT2D eigenvalue weighted by Crippen LogP contribution is 2.30. The Labute approximate surface area is 186 Å². The Balaban J connectivity index is 0.00000280. The molecule has 3 atom stereocenters. The zero-order valence-electron chi connectivity index (χ0n) is 17.6. The van der Waals surface area contributed by atoms with Crippen LogP contribution in [0.5, 0.6) is 0 Å². The number of ether oxygens (including phenoxy) is 1. The predicted octanol–water partition coefficient (Wildman–Crippen LogP) is 3.13. The first-order chi connectivity index (χ1) is 13.2. The first kappa shape index (κ1) is 23.4. The van der Waals surface area contributed by atoms with E-state index in [0.29, 0.717) is 12.6 Å². The van der Waals surface area contributed by atoms with Crippen LogP contribution in [0.1, 0.15) is 64.0 Å². The maximum absolute atomic E-state index is 5.15. The van der Waals surface area contributed by atoms with Crippen molar-refractivity contribution in [2.45, 2.75) is 78.0 Å². The van der Waals surface area contributed by atoms with Crippen molar-refractivity contribution in [2.24, 2.45) is 16.8 Å². The van der Waals surface area contributed by atoms with Gasteiger partial charge in [-0.25, -0.2) is 9.67 Å². The first-order valence-electron chi connectivity index (χ1n) is 10.6. The average molecular weight is 504 g/mol. The number of guanidine groups is 1. The number of fused-ring (bicyclic) bond motifs is 1. The Morgan fingerprint density at radius 3 is 2.93 bits per heavy atom. The number of rotatable bonds is 7. The van der Waals surface area contributed by atoms with Crippen molar-refractivity contribution >= 4 is 29.9 Å². The highest BCUT2D eigenvalue weighted by atomic mass is 127. The minimum atomic E-state index is 0. The molecular formula is C20H37IN6O. The molecule has 0 amide bonds. The van der Waals surface area contributed by atoms with Gasteiger partial charge in [0.15, 0.2) is 11.8 Å². The van der Waals surface area contributed by atoms with E-state index in [1.807, 2.05) is 4.68 Å². The fraction of sp³-hybridized carbons (Fsp3) is 0.850. The number of hydrogen-bond acceptors (Lipinski definition) is 4. The van der Waals surface area contributed by atoms with Gasteiger partial charge >= 0.3 is 0 Å². The van der Waals surface area contributed by atoms with E-state index in [0.717, 1.165) is 61.9 Å². The number of aromatic nitrogens is 3. The standard InChI is InChI=1S/C20H36N6O.HI/c1-4-21-20(22-11-10-16-7-5-6-15(2)12-16)23-17-8-9-19-24-18(14-27-3)25-26(19)13-17;/h15-17H,4-14H2,1-3H3,(H2,21,22,23);1H. The van der Waals surface area contributed by atoms with Crippen LogP contribution >= 0.6 is 24.0 Å². The molecule has 0 spiro atoms. The van der Waals surface area contributed by atoms with Crippen LogP contribution in [0, 0.1) is 11.8 Å². The van der Waals surface area contributed by atoms with Crippen LogP contribution < -0.4 is 10.6 Å². The van der Waals surface area contributed by atoms with Gasteiger partial charge in [0, 0.05) is 32.7 Å². The molecule has 0 saturated heterocycles. The van der Waals surface area contributed by atoms with Crippen molar-refractivity contribution in [1.29, 1.82) is 0 Å². The second kappa shape index (κ2) is 11.9. The average Bonchev–Trinajstić information content (AvgIpc) is 3.04. The van der Waals surface area contributed by atoms with E-state index in [1.54, 1.807) is 7.11 Å². The summed E-state index contributed by atoms with van der Waals surface area (Å²) in [6.45, 7) is 7.60. The molecule has 1 aromatic rings. The summed E-state index contributed by atoms with van der Waals surface area (Å²) < 4.78 is 7.16. The second-order valence-corrected chi connectivity index (χ2v) is 8.13. The summed E-state index contributed by atoms with van der Waals surface area (Å²) in [5, 5.41) is 11.6. The van der Waals surface area contributed by atoms with Gasteiger partial charge in [-0.2, -0.15) is 5.10 Å². The molecule has 1 aliphatic carbocycles. The molecule has 0 bridgehead atoms. The van der Waals surface area contributed by atoms with Gasteiger partial charge in [0.1, 0.15) is 12.4 Å². The van der Waals surface area contributed by atoms with Crippen molar-refractivity contribution in [1.82, 2.24) is 25.4 Å². The molecule has 8 heteroatoms. The van der Waals surface area contributed by atoms with E-state index >= 15 is 0 Å². The topological polar surface area (TPSA) is 76.4 Å². The highest BCUT2D eigenvalue weighted by molar-refractivity contribution is 14.0. The van der Waals surface area contributed by atoms with Gasteiger partial charge in [0.2, 0.25) is 0 Å². The lowest BCUT2D eigenvalue weighted by molar-refractivity contribution is 0.177. The Morgan fingerprint density at radius 2 is 2.18 bits per heavy atom. The molecule has 0 aromatic carbocycles. The second-order valence-electron chi connectivity index (χ2n) is 8.13. The smallest absolute Gasteiger partial charge is 0.191 e. The van der Waals surface area contributed by atoms with Gasteiger partial charge < -0.3 is 15.4 Å². The number of hydrogen-bond donors (Lipinski definition) is 2. The summed E-state index contributed by atoms with van der Waals surface area (Å²) in [4.78, 5) is 9.40. The summed E-state index contributed by atoms with van der Waals surface area (Å²) >= 11 is 0. The Bertz CT molecular complexity index is 620. The van der Waals surface area contributed by atoms with Gasteiger partial charge in [0.25, 0.3) is 0 Å². The van der Waals surface area contributed by atoms with Crippen LogP contribution in [0.4, 0.5) is 0 Å². The predicted molar refractivity (Wildman–Crippen MR) is 123 cm³/mol. The number of methoxy groups -OCH3 is 1. The van der Waals surface area contributed by atoms with Crippen molar-refractivity contribution < 1.29 is 4.74 Å². The van der Waals surface area contributed by atoms with E-state index in [2.05, 4.69) is 34.6 Å². The lowest BCUT2D eigenvalue weighted by atomic mass is 9.81. The summed E-state index contributed by atoms with van der Waals surface area (Å²) in [7, 11) is 1.68. The minimum Gasteiger partial charge on any atom is -0.377 e. The molecule has 2 heterocycles. The summed E-state index contributed by atoms with van der Waals surface area (Å²) in [5.41, 5.74) is 0. The lowest BCUT2D eigenvalue weighted by Crippen LogP contribution is -2.47. The number of aryl methyl sites for hydroxylation is 1. The van der Waals surface area contributed by atoms with E-state index in [9.17, 15) is 0 Å². The van der Waals surface area contributed by atoms with E-state index in [1.165, 1.54) is 32.1 Å². The third-order valence-electron chi connectivity index (χ3n) is 5.71. The van der Waals surface area contributed by atoms with Crippen LogP contribution in [-0.2, 0) is 24.3 Å². The van der Waals surface area contributed by atoms with Gasteiger partial charge in [-0.05, 0) is 38.0 Å². The number of halogens is 1. The minimum absolute atomic E-state index is 0. The van der Waals surface area contributed by atoms with E-state index in [4.69, 9.17) is 9.73 Å². The molecule has 1 saturated carbocycles. The SMILES string of the molecule is CCNC(=NCCC1CCCC(C)C1)NC1CCc2nc(COC)nn2C1.I. The Hall–Kier alpha value is -0.900. The molecule has 3 unspecified atom stereocenters. The van der Waals surface area contributed by atoms with Crippen molar-refractivity contribution in [3.05, 3.63) is 11.6 Å². The van der Waals surface area contributed by atoms with Crippen LogP contribution in [0.3, 0.4) is 0 Å². The molecule has 0 radical (unpaired) electrons. The molecule has 160 valence electrons. The summed E-state index contributed by atoms with van der Waals surface area (Å²) in [6.07, 6.45) is 8.75. The molecule has 2 aliphatic rings. The van der Waals surface area contributed by atoms with Crippen LogP contribution in [0.15, 0.2) is 4.99 Å². The third kappa shape index (κ3) is 6.86. The fourth-order valence-electron chi connectivity index (χ4n) is 4.36. The molecule has 3 rings (SSSR count). The first-order valence-corrected chi connectivity index (χ1v) is 10.6. The molecule has 1 fully saturated rings. The molecule has 1 aromatic heterocycles. The van der Waals surface area contributed by atoms with Crippen LogP contribution in [-0.4, -0.2) is 47.0 Å². The van der Waals surface area contributed by atoms with E-state index in [-0.39, 0.29) is 24.0 Å². The Kier molecular flexibility index (Phi) is 9.98. The van der Waals surface area contributed by atoms with Gasteiger partial charge in [-0.15, -0.1) is 24.0 Å². The highest BCUT2D eigenvalue weighted by Gasteiger charge is 2.22. The summed E-state index contributed by atoms with van der Waals surface area (Å²) in [6, 6.07) is 0.335. The maximum Gasteiger partial charge on any atom is 0.191 e. The van der Waals surface area contributed by atoms with Gasteiger partial charge in [0.05, 0.1) is 6.54 Å². The maximum atomic E-state index is 5.15. The zero-order valence-corrected chi connectivity index (χ0v) is 19.9. The quantitative estimate of drug-likeness (QED) is 0.339. The van der Waals surface area contributed by atoms with Crippen molar-refractivity contribution in [3.63, 3.8) is 0 Å². The monoisotopic (exact) mass is 504 g/mol. The molecule has 7 nitrogen and oxygen atoms in total. The van der Waals surface area contributed by atoms with Gasteiger partial charge in [-0.1, -0.05) is 26.2 Å². The van der Waals surface area contributed by atoms with Crippen molar-refractivity contribution in [2.75, 3.05) is 20.2 Å². The largest absolute Gasteiger partial charge is 0.377 e. The van der Waals surface area contributed by atoms with Gasteiger partial charge in [-0.3, -0.25) is 4.99 Å². The van der Waals surface area contributed by atoms with Crippen molar-refractivity contribution in [3.8, 4) is 0 Å². The lowest BCUT2D eigenvalue weighted by Gasteiger charge is -2.27. The fourth-order valence-corrected chi connectivity index (χ4v) is 4.36. The van der Waals surface area contributed by atoms with Crippen LogP contribution in [0.25, 0.3) is 0 Å². The third-order valence-corrected chi connectivity index (χ3v) is 5.71. The molecular weight excluding hydrogens is 467 g/mol. The number of aliphatic imine (C=N–C) groups is 1. The Morgan fingerprint density at radius 1 is 1.32 bits per heavy atom. The summed E-state index contributed by atoms with van der Waals surface area (Å²) in [5.74, 6) is 4.52. The van der Waals surface area contributed by atoms with E-state index < -0.39 is 0 Å². The molecule has 28 heavy (non-hydrogen) atoms. The normalized spacial score (nSPS) is 25.0. The number of nitrogens with one attached hydrogen (secondary N) is 2. The zero-order chi connectivity index (χ0) is 19.1. The van der Waals surface area contributed by atoms with Crippen LogP contribution in [0.2, 0.25) is 0 Å².